The van der Waals surface area contributed by atoms with Gasteiger partial charge in [-0.2, -0.15) is 0 Å². The molecule has 2 saturated carbocycles. The molecule has 1 aromatic rings. The third kappa shape index (κ3) is 8.34. The summed E-state index contributed by atoms with van der Waals surface area (Å²) in [6.07, 6.45) is 11.8. The van der Waals surface area contributed by atoms with Crippen LogP contribution < -0.4 is 0 Å². The summed E-state index contributed by atoms with van der Waals surface area (Å²) in [5.41, 5.74) is 0.137. The van der Waals surface area contributed by atoms with Crippen molar-refractivity contribution in [1.82, 2.24) is 14.8 Å². The van der Waals surface area contributed by atoms with E-state index >= 15 is 0 Å². The van der Waals surface area contributed by atoms with Crippen LogP contribution in [0.4, 0.5) is 0 Å². The van der Waals surface area contributed by atoms with Gasteiger partial charge in [0.2, 0.25) is 5.91 Å². The van der Waals surface area contributed by atoms with Gasteiger partial charge >= 0.3 is 5.97 Å². The van der Waals surface area contributed by atoms with E-state index in [1.807, 2.05) is 0 Å². The van der Waals surface area contributed by atoms with Gasteiger partial charge in [0.15, 0.2) is 26.3 Å². The Bertz CT molecular complexity index is 1420. The van der Waals surface area contributed by atoms with E-state index in [4.69, 9.17) is 4.74 Å². The SMILES string of the molecule is O=C(OCC(=O)N(C1CCCCC1)[C@H]1CCS(=O)(=O)C1)c1cccnc1SCC(=O)N(C1CCCCC1)[C@H]1CCS(=O)(=O)C1. The van der Waals surface area contributed by atoms with Crippen molar-refractivity contribution >= 4 is 49.2 Å². The van der Waals surface area contributed by atoms with Gasteiger partial charge in [-0.05, 0) is 50.7 Å². The van der Waals surface area contributed by atoms with Crippen molar-refractivity contribution in [3.8, 4) is 0 Å². The number of carbonyl (C=O) groups is 3. The molecule has 2 saturated heterocycles. The standard InChI is InChI=1S/C30H43N3O8S3/c34-27(32(22-8-3-1-4-9-22)24-13-16-43(37,38)20-24)18-41-30(36)26-12-7-15-31-29(26)42-19-28(35)33(23-10-5-2-6-11-23)25-14-17-44(39,40)21-25/h7,12,15,22-25H,1-6,8-11,13-14,16-21H2/t24-,25-/m0/s1. The molecular formula is C30H43N3O8S3. The van der Waals surface area contributed by atoms with E-state index in [0.717, 1.165) is 76.0 Å². The molecule has 2 amide bonds. The molecule has 2 atom stereocenters. The summed E-state index contributed by atoms with van der Waals surface area (Å²) in [7, 11) is -6.38. The van der Waals surface area contributed by atoms with Crippen LogP contribution in [0.1, 0.15) is 87.4 Å². The minimum Gasteiger partial charge on any atom is -0.452 e. The summed E-state index contributed by atoms with van der Waals surface area (Å²) < 4.78 is 54.3. The van der Waals surface area contributed by atoms with Gasteiger partial charge in [0.25, 0.3) is 5.91 Å². The minimum absolute atomic E-state index is 0.00508. The highest BCUT2D eigenvalue weighted by atomic mass is 32.2. The zero-order valence-electron chi connectivity index (χ0n) is 25.1. The zero-order valence-corrected chi connectivity index (χ0v) is 27.6. The molecule has 5 rings (SSSR count). The molecule has 2 aliphatic heterocycles. The fraction of sp³-hybridized carbons (Fsp3) is 0.733. The predicted octanol–water partition coefficient (Wildman–Crippen LogP) is 3.03. The third-order valence-corrected chi connectivity index (χ3v) is 13.9. The Kier molecular flexibility index (Phi) is 10.9. The number of carbonyl (C=O) groups excluding carboxylic acids is 3. The normalized spacial score (nSPS) is 25.4. The van der Waals surface area contributed by atoms with Crippen LogP contribution in [0, 0.1) is 0 Å². The van der Waals surface area contributed by atoms with Gasteiger partial charge in [-0.1, -0.05) is 50.3 Å². The predicted molar refractivity (Wildman–Crippen MR) is 167 cm³/mol. The van der Waals surface area contributed by atoms with Crippen LogP contribution in [-0.2, 0) is 34.0 Å². The highest BCUT2D eigenvalue weighted by molar-refractivity contribution is 8.00. The maximum atomic E-state index is 13.6. The molecule has 3 heterocycles. The number of thioether (sulfide) groups is 1. The Balaban J connectivity index is 1.23. The molecule has 11 nitrogen and oxygen atoms in total. The van der Waals surface area contributed by atoms with Gasteiger partial charge in [-0.25, -0.2) is 26.6 Å². The summed E-state index contributed by atoms with van der Waals surface area (Å²) in [6, 6.07) is 2.32. The van der Waals surface area contributed by atoms with Crippen molar-refractivity contribution in [3.05, 3.63) is 23.9 Å². The maximum absolute atomic E-state index is 13.6. The summed E-state index contributed by atoms with van der Waals surface area (Å²) >= 11 is 1.10. The molecule has 0 radical (unpaired) electrons. The first-order chi connectivity index (χ1) is 21.0. The largest absolute Gasteiger partial charge is 0.452 e. The van der Waals surface area contributed by atoms with Crippen LogP contribution in [-0.4, -0.2) is 109 Å². The van der Waals surface area contributed by atoms with Crippen molar-refractivity contribution in [2.45, 2.75) is 106 Å². The highest BCUT2D eigenvalue weighted by Gasteiger charge is 2.40. The number of hydrogen-bond donors (Lipinski definition) is 0. The Morgan fingerprint density at radius 2 is 1.27 bits per heavy atom. The van der Waals surface area contributed by atoms with Gasteiger partial charge in [0, 0.05) is 30.4 Å². The Labute approximate surface area is 264 Å². The second-order valence-corrected chi connectivity index (χ2v) is 17.9. The lowest BCUT2D eigenvalue weighted by Crippen LogP contribution is -2.50. The number of nitrogens with zero attached hydrogens (tertiary/aromatic N) is 3. The number of hydrogen-bond acceptors (Lipinski definition) is 10. The number of sulfone groups is 2. The molecule has 44 heavy (non-hydrogen) atoms. The number of aromatic nitrogens is 1. The quantitative estimate of drug-likeness (QED) is 0.269. The molecule has 0 aromatic carbocycles. The first kappa shape index (κ1) is 33.2. The molecule has 244 valence electrons. The van der Waals surface area contributed by atoms with Crippen LogP contribution in [0.25, 0.3) is 0 Å². The number of pyridine rings is 1. The second-order valence-electron chi connectivity index (χ2n) is 12.5. The Morgan fingerprint density at radius 1 is 0.750 bits per heavy atom. The average Bonchev–Trinajstić information content (AvgIpc) is 3.56. The molecule has 0 spiro atoms. The maximum Gasteiger partial charge on any atom is 0.341 e. The van der Waals surface area contributed by atoms with Gasteiger partial charge in [0.05, 0.1) is 34.3 Å². The second kappa shape index (κ2) is 14.5. The first-order valence-corrected chi connectivity index (χ1v) is 20.4. The lowest BCUT2D eigenvalue weighted by atomic mass is 9.93. The molecule has 14 heteroatoms. The molecular weight excluding hydrogens is 627 g/mol. The highest BCUT2D eigenvalue weighted by Crippen LogP contribution is 2.31. The van der Waals surface area contributed by atoms with Gasteiger partial charge in [0.1, 0.15) is 5.03 Å². The molecule has 0 bridgehead atoms. The molecule has 0 unspecified atom stereocenters. The van der Waals surface area contributed by atoms with Crippen LogP contribution in [0.2, 0.25) is 0 Å². The fourth-order valence-electron chi connectivity index (χ4n) is 7.26. The summed E-state index contributed by atoms with van der Waals surface area (Å²) in [6.45, 7) is -0.505. The molecule has 4 aliphatic rings. The van der Waals surface area contributed by atoms with E-state index in [0.29, 0.717) is 17.9 Å². The monoisotopic (exact) mass is 669 g/mol. The van der Waals surface area contributed by atoms with E-state index in [9.17, 15) is 31.2 Å². The minimum atomic E-state index is -3.20. The number of rotatable bonds is 10. The van der Waals surface area contributed by atoms with E-state index < -0.39 is 44.2 Å². The summed E-state index contributed by atoms with van der Waals surface area (Å²) in [5.74, 6) is -1.24. The van der Waals surface area contributed by atoms with Gasteiger partial charge in [-0.15, -0.1) is 0 Å². The van der Waals surface area contributed by atoms with E-state index in [-0.39, 0.29) is 58.4 Å². The van der Waals surface area contributed by atoms with Crippen LogP contribution >= 0.6 is 11.8 Å². The van der Waals surface area contributed by atoms with Crippen LogP contribution in [0.3, 0.4) is 0 Å². The van der Waals surface area contributed by atoms with Gasteiger partial charge in [-0.3, -0.25) is 9.59 Å². The molecule has 1 aromatic heterocycles. The van der Waals surface area contributed by atoms with Crippen molar-refractivity contribution in [1.29, 1.82) is 0 Å². The van der Waals surface area contributed by atoms with Crippen LogP contribution in [0.5, 0.6) is 0 Å². The van der Waals surface area contributed by atoms with Gasteiger partial charge < -0.3 is 14.5 Å². The Hall–Kier alpha value is -2.19. The summed E-state index contributed by atoms with van der Waals surface area (Å²) in [5, 5.41) is 0.298. The lowest BCUT2D eigenvalue weighted by Gasteiger charge is -2.38. The van der Waals surface area contributed by atoms with Crippen LogP contribution in [0.15, 0.2) is 23.4 Å². The van der Waals surface area contributed by atoms with E-state index in [1.165, 1.54) is 12.3 Å². The van der Waals surface area contributed by atoms with E-state index in [1.54, 1.807) is 15.9 Å². The molecule has 2 aliphatic carbocycles. The smallest absolute Gasteiger partial charge is 0.341 e. The lowest BCUT2D eigenvalue weighted by molar-refractivity contribution is -0.140. The van der Waals surface area contributed by atoms with Crippen molar-refractivity contribution in [2.24, 2.45) is 0 Å². The average molecular weight is 670 g/mol. The molecule has 4 fully saturated rings. The summed E-state index contributed by atoms with van der Waals surface area (Å²) in [4.78, 5) is 48.0. The Morgan fingerprint density at radius 3 is 1.77 bits per heavy atom. The molecule has 0 N–H and O–H groups in total. The van der Waals surface area contributed by atoms with Crippen molar-refractivity contribution in [2.75, 3.05) is 35.4 Å². The number of amides is 2. The fourth-order valence-corrected chi connectivity index (χ4v) is 11.5. The number of esters is 1. The third-order valence-electron chi connectivity index (χ3n) is 9.37. The van der Waals surface area contributed by atoms with Crippen molar-refractivity contribution < 1.29 is 36.0 Å². The zero-order chi connectivity index (χ0) is 31.3. The number of ether oxygens (including phenoxy) is 1. The van der Waals surface area contributed by atoms with E-state index in [2.05, 4.69) is 4.98 Å². The topological polar surface area (TPSA) is 148 Å². The van der Waals surface area contributed by atoms with Crippen molar-refractivity contribution in [3.63, 3.8) is 0 Å². The first-order valence-electron chi connectivity index (χ1n) is 15.8.